The second kappa shape index (κ2) is 7.40. The minimum Gasteiger partial charge on any atom is -0.497 e. The molecule has 0 unspecified atom stereocenters. The van der Waals surface area contributed by atoms with Gasteiger partial charge >= 0.3 is 6.03 Å². The number of para-hydroxylation sites is 2. The van der Waals surface area contributed by atoms with Gasteiger partial charge in [-0.25, -0.2) is 9.78 Å². The molecule has 0 fully saturated rings. The number of ether oxygens (including phenoxy) is 1. The number of urea groups is 1. The van der Waals surface area contributed by atoms with Crippen molar-refractivity contribution in [2.75, 3.05) is 7.11 Å². The van der Waals surface area contributed by atoms with Crippen molar-refractivity contribution in [3.8, 4) is 5.75 Å². The third-order valence-corrected chi connectivity index (χ3v) is 5.23. The highest BCUT2D eigenvalue weighted by Gasteiger charge is 2.31. The molecule has 3 aromatic carbocycles. The molecule has 3 N–H and O–H groups in total. The minimum absolute atomic E-state index is 0.255. The van der Waals surface area contributed by atoms with Gasteiger partial charge in [-0.05, 0) is 35.4 Å². The van der Waals surface area contributed by atoms with Crippen LogP contribution in [0, 0.1) is 0 Å². The van der Waals surface area contributed by atoms with E-state index in [1.54, 1.807) is 7.11 Å². The molecular weight excluding hydrogens is 376 g/mol. The number of imidazole rings is 1. The number of carbonyl (C=O) groups is 1. The lowest BCUT2D eigenvalue weighted by molar-refractivity contribution is 0.242. The van der Waals surface area contributed by atoms with Crippen LogP contribution in [-0.2, 0) is 0 Å². The molecule has 1 aliphatic rings. The van der Waals surface area contributed by atoms with Crippen LogP contribution < -0.4 is 15.4 Å². The number of nitrogens with one attached hydrogen (secondary N) is 3. The van der Waals surface area contributed by atoms with Gasteiger partial charge in [0.1, 0.15) is 11.6 Å². The smallest absolute Gasteiger partial charge is 0.320 e. The molecule has 148 valence electrons. The summed E-state index contributed by atoms with van der Waals surface area (Å²) in [6.45, 7) is 0. The molecule has 0 bridgehead atoms. The quantitative estimate of drug-likeness (QED) is 0.475. The third-order valence-electron chi connectivity index (χ3n) is 5.23. The maximum Gasteiger partial charge on any atom is 0.320 e. The summed E-state index contributed by atoms with van der Waals surface area (Å²) in [7, 11) is 1.63. The molecule has 0 saturated heterocycles. The standard InChI is InChI=1S/C24H20N4O2/c1-30-17-13-11-16(12-14-17)22-20(23-25-18-9-5-6-10-19(18)26-23)21(27-24(29)28-22)15-7-3-2-4-8-15/h2-14,22H,1H3,(H,25,26)(H2,27,28,29)/t22-/m1/s1. The Kier molecular flexibility index (Phi) is 4.44. The van der Waals surface area contributed by atoms with E-state index in [4.69, 9.17) is 9.72 Å². The van der Waals surface area contributed by atoms with E-state index in [0.29, 0.717) is 5.82 Å². The van der Waals surface area contributed by atoms with E-state index >= 15 is 0 Å². The summed E-state index contributed by atoms with van der Waals surface area (Å²) in [6.07, 6.45) is 0. The molecular formula is C24H20N4O2. The summed E-state index contributed by atoms with van der Waals surface area (Å²) in [5, 5.41) is 6.05. The average molecular weight is 396 g/mol. The SMILES string of the molecule is COc1ccc([C@H]2NC(=O)NC(c3ccccc3)=C2c2nc3ccccc3[nH]2)cc1. The van der Waals surface area contributed by atoms with E-state index < -0.39 is 0 Å². The fourth-order valence-corrected chi connectivity index (χ4v) is 3.78. The van der Waals surface area contributed by atoms with Crippen LogP contribution in [0.5, 0.6) is 5.75 Å². The predicted octanol–water partition coefficient (Wildman–Crippen LogP) is 4.49. The van der Waals surface area contributed by atoms with Gasteiger partial charge in [-0.15, -0.1) is 0 Å². The van der Waals surface area contributed by atoms with Crippen molar-refractivity contribution in [2.45, 2.75) is 6.04 Å². The lowest BCUT2D eigenvalue weighted by Crippen LogP contribution is -2.43. The first kappa shape index (κ1) is 18.0. The Bertz CT molecular complexity index is 1210. The summed E-state index contributed by atoms with van der Waals surface area (Å²) >= 11 is 0. The Morgan fingerprint density at radius 3 is 2.37 bits per heavy atom. The number of aromatic nitrogens is 2. The van der Waals surface area contributed by atoms with Gasteiger partial charge in [-0.1, -0.05) is 54.6 Å². The third kappa shape index (κ3) is 3.18. The molecule has 30 heavy (non-hydrogen) atoms. The number of amides is 2. The second-order valence-electron chi connectivity index (χ2n) is 7.06. The number of hydrogen-bond donors (Lipinski definition) is 3. The highest BCUT2D eigenvalue weighted by atomic mass is 16.5. The van der Waals surface area contributed by atoms with Gasteiger partial charge in [0.2, 0.25) is 0 Å². The van der Waals surface area contributed by atoms with Gasteiger partial charge in [-0.2, -0.15) is 0 Å². The van der Waals surface area contributed by atoms with Gasteiger partial charge in [-0.3, -0.25) is 0 Å². The molecule has 1 atom stereocenters. The Morgan fingerprint density at radius 2 is 1.63 bits per heavy atom. The van der Waals surface area contributed by atoms with E-state index in [-0.39, 0.29) is 12.1 Å². The van der Waals surface area contributed by atoms with E-state index in [0.717, 1.165) is 39.2 Å². The van der Waals surface area contributed by atoms with Crippen LogP contribution in [0.1, 0.15) is 23.0 Å². The molecule has 2 amide bonds. The topological polar surface area (TPSA) is 79.0 Å². The number of H-pyrrole nitrogens is 1. The Balaban J connectivity index is 1.74. The van der Waals surface area contributed by atoms with E-state index in [2.05, 4.69) is 15.6 Å². The maximum absolute atomic E-state index is 12.6. The van der Waals surface area contributed by atoms with Crippen molar-refractivity contribution >= 4 is 28.3 Å². The number of carbonyl (C=O) groups excluding carboxylic acids is 1. The van der Waals surface area contributed by atoms with Gasteiger partial charge in [0, 0.05) is 5.57 Å². The van der Waals surface area contributed by atoms with Crippen molar-refractivity contribution in [1.82, 2.24) is 20.6 Å². The van der Waals surface area contributed by atoms with Crippen LogP contribution in [-0.4, -0.2) is 23.1 Å². The van der Waals surface area contributed by atoms with Crippen molar-refractivity contribution in [3.63, 3.8) is 0 Å². The van der Waals surface area contributed by atoms with Crippen molar-refractivity contribution in [3.05, 3.63) is 95.8 Å². The second-order valence-corrected chi connectivity index (χ2v) is 7.06. The first-order valence-electron chi connectivity index (χ1n) is 9.69. The minimum atomic E-state index is -0.375. The summed E-state index contributed by atoms with van der Waals surface area (Å²) in [5.41, 5.74) is 5.29. The van der Waals surface area contributed by atoms with Gasteiger partial charge in [0.15, 0.2) is 0 Å². The van der Waals surface area contributed by atoms with Crippen molar-refractivity contribution in [2.24, 2.45) is 0 Å². The summed E-state index contributed by atoms with van der Waals surface area (Å²) < 4.78 is 5.29. The molecule has 6 nitrogen and oxygen atoms in total. The number of fused-ring (bicyclic) bond motifs is 1. The zero-order chi connectivity index (χ0) is 20.5. The van der Waals surface area contributed by atoms with Crippen molar-refractivity contribution < 1.29 is 9.53 Å². The van der Waals surface area contributed by atoms with Crippen LogP contribution >= 0.6 is 0 Å². The fourth-order valence-electron chi connectivity index (χ4n) is 3.78. The van der Waals surface area contributed by atoms with Gasteiger partial charge in [0.25, 0.3) is 0 Å². The Hall–Kier alpha value is -4.06. The number of aromatic amines is 1. The first-order chi connectivity index (χ1) is 14.7. The summed E-state index contributed by atoms with van der Waals surface area (Å²) in [5.74, 6) is 1.47. The molecule has 0 aliphatic carbocycles. The molecule has 0 spiro atoms. The monoisotopic (exact) mass is 396 g/mol. The lowest BCUT2D eigenvalue weighted by atomic mass is 9.92. The van der Waals surface area contributed by atoms with E-state index in [9.17, 15) is 4.79 Å². The summed E-state index contributed by atoms with van der Waals surface area (Å²) in [6, 6.07) is 24.8. The Labute approximate surface area is 173 Å². The molecule has 1 aliphatic heterocycles. The van der Waals surface area contributed by atoms with Crippen LogP contribution in [0.25, 0.3) is 22.3 Å². The number of nitrogens with zero attached hydrogens (tertiary/aromatic N) is 1. The van der Waals surface area contributed by atoms with Gasteiger partial charge in [0.05, 0.1) is 29.9 Å². The molecule has 0 saturated carbocycles. The van der Waals surface area contributed by atoms with E-state index in [1.165, 1.54) is 0 Å². The zero-order valence-electron chi connectivity index (χ0n) is 16.3. The molecule has 6 heteroatoms. The fraction of sp³-hybridized carbons (Fsp3) is 0.0833. The van der Waals surface area contributed by atoms with Crippen LogP contribution in [0.3, 0.4) is 0 Å². The van der Waals surface area contributed by atoms with Gasteiger partial charge < -0.3 is 20.4 Å². The zero-order valence-corrected chi connectivity index (χ0v) is 16.3. The van der Waals surface area contributed by atoms with E-state index in [1.807, 2.05) is 78.9 Å². The summed E-state index contributed by atoms with van der Waals surface area (Å²) in [4.78, 5) is 20.8. The number of benzene rings is 3. The maximum atomic E-state index is 12.6. The highest BCUT2D eigenvalue weighted by Crippen LogP contribution is 2.37. The normalized spacial score (nSPS) is 16.3. The molecule has 5 rings (SSSR count). The number of hydrogen-bond acceptors (Lipinski definition) is 3. The number of rotatable bonds is 4. The lowest BCUT2D eigenvalue weighted by Gasteiger charge is -2.30. The molecule has 4 aromatic rings. The van der Waals surface area contributed by atoms with Crippen molar-refractivity contribution in [1.29, 1.82) is 0 Å². The molecule has 2 heterocycles. The average Bonchev–Trinajstić information content (AvgIpc) is 3.23. The Morgan fingerprint density at radius 1 is 0.900 bits per heavy atom. The largest absolute Gasteiger partial charge is 0.497 e. The molecule has 0 radical (unpaired) electrons. The van der Waals surface area contributed by atoms with Crippen LogP contribution in [0.15, 0.2) is 78.9 Å². The first-order valence-corrected chi connectivity index (χ1v) is 9.69. The highest BCUT2D eigenvalue weighted by molar-refractivity contribution is 6.02. The predicted molar refractivity (Wildman–Crippen MR) is 117 cm³/mol. The van der Waals surface area contributed by atoms with Crippen LogP contribution in [0.4, 0.5) is 4.79 Å². The number of methoxy groups -OCH3 is 1. The molecule has 1 aromatic heterocycles. The van der Waals surface area contributed by atoms with Crippen LogP contribution in [0.2, 0.25) is 0 Å².